The molecule has 0 saturated heterocycles. The minimum atomic E-state index is -1.31. The molecule has 1 aromatic heterocycles. The average molecular weight is 207 g/mol. The van der Waals surface area contributed by atoms with E-state index >= 15 is 0 Å². The first kappa shape index (κ1) is 9.13. The maximum absolute atomic E-state index is 10.7. The molecule has 1 aromatic carbocycles. The molecule has 76 valence electrons. The highest BCUT2D eigenvalue weighted by Crippen LogP contribution is 2.13. The Morgan fingerprint density at radius 1 is 1.27 bits per heavy atom. The molecule has 7 nitrogen and oxygen atoms in total. The predicted octanol–water partition coefficient (Wildman–Crippen LogP) is 0.656. The topological polar surface area (TPSA) is 105 Å². The van der Waals surface area contributed by atoms with Crippen LogP contribution in [0.4, 0.5) is 4.79 Å². The van der Waals surface area contributed by atoms with E-state index in [0.29, 0.717) is 10.2 Å². The van der Waals surface area contributed by atoms with Gasteiger partial charge in [0.05, 0.1) is 5.56 Å². The van der Waals surface area contributed by atoms with Crippen molar-refractivity contribution in [2.75, 3.05) is 0 Å². The van der Waals surface area contributed by atoms with Crippen molar-refractivity contribution in [2.24, 2.45) is 0 Å². The van der Waals surface area contributed by atoms with Crippen molar-refractivity contribution in [3.8, 4) is 0 Å². The van der Waals surface area contributed by atoms with Gasteiger partial charge in [-0.05, 0) is 18.2 Å². The van der Waals surface area contributed by atoms with Crippen molar-refractivity contribution in [1.29, 1.82) is 0 Å². The van der Waals surface area contributed by atoms with Crippen molar-refractivity contribution in [3.63, 3.8) is 0 Å². The van der Waals surface area contributed by atoms with Gasteiger partial charge in [0, 0.05) is 0 Å². The summed E-state index contributed by atoms with van der Waals surface area (Å²) in [6.07, 6.45) is -1.31. The van der Waals surface area contributed by atoms with Gasteiger partial charge >= 0.3 is 12.1 Å². The first-order valence-electron chi connectivity index (χ1n) is 3.91. The molecule has 1 heterocycles. The monoisotopic (exact) mass is 207 g/mol. The molecule has 0 bridgehead atoms. The zero-order valence-electron chi connectivity index (χ0n) is 7.28. The van der Waals surface area contributed by atoms with Gasteiger partial charge in [-0.3, -0.25) is 0 Å². The fourth-order valence-corrected chi connectivity index (χ4v) is 1.19. The number of aromatic carboxylic acids is 1. The highest BCUT2D eigenvalue weighted by Gasteiger charge is 2.12. The van der Waals surface area contributed by atoms with Crippen LogP contribution >= 0.6 is 0 Å². The number of fused-ring (bicyclic) bond motifs is 1. The average Bonchev–Trinajstić information content (AvgIpc) is 2.59. The Kier molecular flexibility index (Phi) is 1.86. The van der Waals surface area contributed by atoms with Crippen LogP contribution in [0.25, 0.3) is 11.0 Å². The Balaban J connectivity index is 2.72. The molecule has 0 unspecified atom stereocenters. The van der Waals surface area contributed by atoms with Crippen molar-refractivity contribution >= 4 is 23.1 Å². The van der Waals surface area contributed by atoms with E-state index in [2.05, 4.69) is 10.3 Å². The highest BCUT2D eigenvalue weighted by atomic mass is 16.4. The number of carbonyl (C=O) groups is 2. The van der Waals surface area contributed by atoms with E-state index in [-0.39, 0.29) is 11.1 Å². The van der Waals surface area contributed by atoms with E-state index < -0.39 is 12.1 Å². The highest BCUT2D eigenvalue weighted by molar-refractivity contribution is 5.94. The van der Waals surface area contributed by atoms with E-state index in [1.165, 1.54) is 18.2 Å². The van der Waals surface area contributed by atoms with Gasteiger partial charge in [0.15, 0.2) is 0 Å². The van der Waals surface area contributed by atoms with Crippen molar-refractivity contribution < 1.29 is 19.8 Å². The summed E-state index contributed by atoms with van der Waals surface area (Å²) < 4.78 is 0.627. The molecule has 0 aliphatic rings. The van der Waals surface area contributed by atoms with E-state index in [1.54, 1.807) is 0 Å². The van der Waals surface area contributed by atoms with Gasteiger partial charge in [0.1, 0.15) is 11.0 Å². The fraction of sp³-hybridized carbons (Fsp3) is 0. The third-order valence-corrected chi connectivity index (χ3v) is 1.87. The van der Waals surface area contributed by atoms with Crippen LogP contribution in [0.2, 0.25) is 0 Å². The Bertz CT molecular complexity index is 560. The molecule has 0 aliphatic carbocycles. The maximum atomic E-state index is 10.7. The van der Waals surface area contributed by atoms with E-state index in [4.69, 9.17) is 10.2 Å². The van der Waals surface area contributed by atoms with Crippen LogP contribution in [-0.4, -0.2) is 37.3 Å². The van der Waals surface area contributed by atoms with Crippen LogP contribution in [-0.2, 0) is 0 Å². The Morgan fingerprint density at radius 3 is 2.60 bits per heavy atom. The second-order valence-corrected chi connectivity index (χ2v) is 2.79. The SMILES string of the molecule is O=C(O)c1ccc2nnn(C(=O)O)c2c1. The Labute approximate surface area is 82.5 Å². The molecule has 0 fully saturated rings. The van der Waals surface area contributed by atoms with Gasteiger partial charge in [0.25, 0.3) is 0 Å². The van der Waals surface area contributed by atoms with Gasteiger partial charge in [-0.25, -0.2) is 9.59 Å². The number of hydrogen-bond donors (Lipinski definition) is 2. The minimum absolute atomic E-state index is 0.00713. The zero-order valence-corrected chi connectivity index (χ0v) is 7.28. The van der Waals surface area contributed by atoms with Crippen molar-refractivity contribution in [3.05, 3.63) is 23.8 Å². The number of carboxylic acids is 1. The third kappa shape index (κ3) is 1.39. The van der Waals surface area contributed by atoms with Gasteiger partial charge in [0.2, 0.25) is 0 Å². The van der Waals surface area contributed by atoms with E-state index in [1.807, 2.05) is 0 Å². The largest absolute Gasteiger partial charge is 0.478 e. The first-order valence-corrected chi connectivity index (χ1v) is 3.91. The van der Waals surface area contributed by atoms with Crippen LogP contribution in [0, 0.1) is 0 Å². The summed E-state index contributed by atoms with van der Waals surface area (Å²) in [5.41, 5.74) is 0.483. The maximum Gasteiger partial charge on any atom is 0.434 e. The summed E-state index contributed by atoms with van der Waals surface area (Å²) in [6, 6.07) is 3.96. The molecule has 15 heavy (non-hydrogen) atoms. The van der Waals surface area contributed by atoms with Crippen LogP contribution in [0.1, 0.15) is 10.4 Å². The summed E-state index contributed by atoms with van der Waals surface area (Å²) in [5, 5.41) is 24.4. The van der Waals surface area contributed by atoms with E-state index in [0.717, 1.165) is 0 Å². The van der Waals surface area contributed by atoms with Crippen LogP contribution in [0.3, 0.4) is 0 Å². The summed E-state index contributed by atoms with van der Waals surface area (Å²) in [5.74, 6) is -1.13. The van der Waals surface area contributed by atoms with Crippen LogP contribution < -0.4 is 0 Å². The molecule has 0 radical (unpaired) electrons. The molecule has 2 N–H and O–H groups in total. The van der Waals surface area contributed by atoms with Gasteiger partial charge in [-0.1, -0.05) is 5.21 Å². The molecule has 2 rings (SSSR count). The molecule has 2 aromatic rings. The second-order valence-electron chi connectivity index (χ2n) is 2.79. The van der Waals surface area contributed by atoms with Gasteiger partial charge < -0.3 is 10.2 Å². The van der Waals surface area contributed by atoms with Crippen molar-refractivity contribution in [2.45, 2.75) is 0 Å². The van der Waals surface area contributed by atoms with Crippen LogP contribution in [0.15, 0.2) is 18.2 Å². The number of rotatable bonds is 1. The lowest BCUT2D eigenvalue weighted by molar-refractivity contribution is 0.0697. The molecule has 7 heteroatoms. The van der Waals surface area contributed by atoms with Crippen molar-refractivity contribution in [1.82, 2.24) is 15.0 Å². The molecular formula is C8H5N3O4. The minimum Gasteiger partial charge on any atom is -0.478 e. The van der Waals surface area contributed by atoms with Gasteiger partial charge in [-0.2, -0.15) is 0 Å². The lowest BCUT2D eigenvalue weighted by Gasteiger charge is -1.95. The van der Waals surface area contributed by atoms with E-state index in [9.17, 15) is 9.59 Å². The molecule has 0 spiro atoms. The summed E-state index contributed by atoms with van der Waals surface area (Å²) in [6.45, 7) is 0. The normalized spacial score (nSPS) is 10.4. The number of aromatic nitrogens is 3. The molecule has 0 saturated carbocycles. The molecular weight excluding hydrogens is 202 g/mol. The molecule has 0 amide bonds. The first-order chi connectivity index (χ1) is 7.09. The van der Waals surface area contributed by atoms with Gasteiger partial charge in [-0.15, -0.1) is 9.78 Å². The standard InChI is InChI=1S/C8H5N3O4/c12-7(13)4-1-2-5-6(3-4)11(8(14)15)10-9-5/h1-3H,(H,12,13)(H,14,15). The number of hydrogen-bond acceptors (Lipinski definition) is 4. The molecule has 0 aliphatic heterocycles. The lowest BCUT2D eigenvalue weighted by atomic mass is 10.2. The smallest absolute Gasteiger partial charge is 0.434 e. The fourth-order valence-electron chi connectivity index (χ4n) is 1.19. The summed E-state index contributed by atoms with van der Waals surface area (Å²) in [7, 11) is 0. The number of carboxylic acid groups (broad SMARTS) is 2. The van der Waals surface area contributed by atoms with Crippen LogP contribution in [0.5, 0.6) is 0 Å². The second kappa shape index (κ2) is 3.05. The lowest BCUT2D eigenvalue weighted by Crippen LogP contribution is -2.09. The Morgan fingerprint density at radius 2 is 2.00 bits per heavy atom. The quantitative estimate of drug-likeness (QED) is 0.711. The Hall–Kier alpha value is -2.44. The molecule has 0 atom stereocenters. The zero-order chi connectivity index (χ0) is 11.0. The summed E-state index contributed by atoms with van der Waals surface area (Å²) >= 11 is 0. The number of benzene rings is 1. The third-order valence-electron chi connectivity index (χ3n) is 1.87. The summed E-state index contributed by atoms with van der Waals surface area (Å²) in [4.78, 5) is 21.3. The number of nitrogens with zero attached hydrogens (tertiary/aromatic N) is 3. The predicted molar refractivity (Wildman–Crippen MR) is 47.9 cm³/mol.